The van der Waals surface area contributed by atoms with E-state index in [0.29, 0.717) is 5.56 Å². The van der Waals surface area contributed by atoms with Gasteiger partial charge in [0, 0.05) is 0 Å². The van der Waals surface area contributed by atoms with Crippen LogP contribution >= 0.6 is 35.0 Å². The van der Waals surface area contributed by atoms with Gasteiger partial charge in [-0.2, -0.15) is 0 Å². The van der Waals surface area contributed by atoms with Crippen LogP contribution in [0.25, 0.3) is 16.8 Å². The molecule has 1 fully saturated rings. The van der Waals surface area contributed by atoms with Crippen LogP contribution in [0.1, 0.15) is 21.5 Å². The number of esters is 1. The van der Waals surface area contributed by atoms with Gasteiger partial charge in [-0.05, 0) is 70.1 Å². The van der Waals surface area contributed by atoms with Crippen LogP contribution in [0.5, 0.6) is 11.5 Å². The van der Waals surface area contributed by atoms with Gasteiger partial charge in [0.25, 0.3) is 11.1 Å². The van der Waals surface area contributed by atoms with E-state index >= 15 is 0 Å². The highest BCUT2D eigenvalue weighted by Gasteiger charge is 2.35. The van der Waals surface area contributed by atoms with E-state index in [1.807, 2.05) is 42.5 Å². The van der Waals surface area contributed by atoms with E-state index in [2.05, 4.69) is 0 Å². The zero-order valence-electron chi connectivity index (χ0n) is 19.9. The number of halogens is 2. The number of nitrogens with zero attached hydrogens (tertiary/aromatic N) is 1. The van der Waals surface area contributed by atoms with Crippen LogP contribution in [0.15, 0.2) is 83.8 Å². The number of benzene rings is 4. The number of hydrogen-bond donors (Lipinski definition) is 0. The van der Waals surface area contributed by atoms with Crippen molar-refractivity contribution in [2.45, 2.75) is 6.54 Å². The number of carbonyl (C=O) groups excluding carboxylic acids is 3. The molecule has 1 heterocycles. The highest BCUT2D eigenvalue weighted by atomic mass is 35.5. The summed E-state index contributed by atoms with van der Waals surface area (Å²) in [6.07, 6.45) is 1.55. The smallest absolute Gasteiger partial charge is 0.345 e. The van der Waals surface area contributed by atoms with E-state index in [1.54, 1.807) is 30.3 Å². The van der Waals surface area contributed by atoms with Gasteiger partial charge in [0.15, 0.2) is 11.5 Å². The van der Waals surface area contributed by atoms with Gasteiger partial charge in [0.2, 0.25) is 0 Å². The normalized spacial score (nSPS) is 14.4. The molecular weight excluding hydrogens is 545 g/mol. The first-order chi connectivity index (χ1) is 18.3. The van der Waals surface area contributed by atoms with Crippen molar-refractivity contribution >= 4 is 68.9 Å². The molecule has 0 unspecified atom stereocenters. The molecule has 9 heteroatoms. The van der Waals surface area contributed by atoms with Gasteiger partial charge in [-0.15, -0.1) is 0 Å². The number of amides is 2. The SMILES string of the molecule is COc1cc(/C=C2\SC(=O)N(Cc3ccc4ccccc4c3)C2=O)cc(Cl)c1OC(=O)c1ccccc1Cl. The Bertz CT molecular complexity index is 1630. The third-order valence-corrected chi connectivity index (χ3v) is 7.38. The molecule has 0 aliphatic carbocycles. The Kier molecular flexibility index (Phi) is 7.42. The molecule has 0 spiro atoms. The highest BCUT2D eigenvalue weighted by molar-refractivity contribution is 8.18. The number of carbonyl (C=O) groups is 3. The van der Waals surface area contributed by atoms with Crippen LogP contribution in [-0.2, 0) is 11.3 Å². The van der Waals surface area contributed by atoms with E-state index in [4.69, 9.17) is 32.7 Å². The van der Waals surface area contributed by atoms with Crippen molar-refractivity contribution in [2.24, 2.45) is 0 Å². The van der Waals surface area contributed by atoms with Gasteiger partial charge in [0.05, 0.1) is 34.2 Å². The molecule has 5 rings (SSSR count). The summed E-state index contributed by atoms with van der Waals surface area (Å²) >= 11 is 13.4. The molecule has 0 atom stereocenters. The molecule has 0 aromatic heterocycles. The number of hydrogen-bond acceptors (Lipinski definition) is 6. The van der Waals surface area contributed by atoms with Gasteiger partial charge < -0.3 is 9.47 Å². The topological polar surface area (TPSA) is 72.9 Å². The maximum absolute atomic E-state index is 13.1. The Balaban J connectivity index is 1.37. The summed E-state index contributed by atoms with van der Waals surface area (Å²) < 4.78 is 10.9. The minimum Gasteiger partial charge on any atom is -0.493 e. The lowest BCUT2D eigenvalue weighted by Crippen LogP contribution is -2.27. The summed E-state index contributed by atoms with van der Waals surface area (Å²) in [5, 5.41) is 2.08. The maximum Gasteiger partial charge on any atom is 0.345 e. The number of methoxy groups -OCH3 is 1. The van der Waals surface area contributed by atoms with E-state index in [-0.39, 0.29) is 43.8 Å². The Morgan fingerprint density at radius 1 is 0.921 bits per heavy atom. The van der Waals surface area contributed by atoms with Crippen molar-refractivity contribution in [1.29, 1.82) is 0 Å². The largest absolute Gasteiger partial charge is 0.493 e. The molecule has 0 radical (unpaired) electrons. The molecule has 1 saturated heterocycles. The van der Waals surface area contributed by atoms with Gasteiger partial charge in [-0.3, -0.25) is 14.5 Å². The molecular formula is C29H19Cl2NO5S. The van der Waals surface area contributed by atoms with E-state index in [0.717, 1.165) is 28.1 Å². The lowest BCUT2D eigenvalue weighted by atomic mass is 10.1. The Morgan fingerprint density at radius 2 is 1.66 bits per heavy atom. The molecule has 190 valence electrons. The molecule has 4 aromatic rings. The van der Waals surface area contributed by atoms with E-state index in [1.165, 1.54) is 24.1 Å². The van der Waals surface area contributed by atoms with Crippen molar-refractivity contribution < 1.29 is 23.9 Å². The zero-order valence-corrected chi connectivity index (χ0v) is 22.3. The molecule has 2 amide bonds. The first-order valence-corrected chi connectivity index (χ1v) is 13.0. The van der Waals surface area contributed by atoms with E-state index in [9.17, 15) is 14.4 Å². The van der Waals surface area contributed by atoms with Gasteiger partial charge in [-0.25, -0.2) is 4.79 Å². The van der Waals surface area contributed by atoms with Crippen molar-refractivity contribution in [1.82, 2.24) is 4.90 Å². The zero-order chi connectivity index (χ0) is 26.8. The van der Waals surface area contributed by atoms with E-state index < -0.39 is 11.9 Å². The van der Waals surface area contributed by atoms with Crippen molar-refractivity contribution in [3.05, 3.63) is 111 Å². The third kappa shape index (κ3) is 5.27. The third-order valence-electron chi connectivity index (χ3n) is 5.87. The van der Waals surface area contributed by atoms with Crippen LogP contribution in [0.4, 0.5) is 4.79 Å². The quantitative estimate of drug-likeness (QED) is 0.136. The second-order valence-electron chi connectivity index (χ2n) is 8.35. The summed E-state index contributed by atoms with van der Waals surface area (Å²) in [4.78, 5) is 39.9. The Hall–Kier alpha value is -3.78. The molecule has 0 bridgehead atoms. The van der Waals surface area contributed by atoms with Gasteiger partial charge in [0.1, 0.15) is 0 Å². The Morgan fingerprint density at radius 3 is 2.42 bits per heavy atom. The standard InChI is InChI=1S/C29H19Cl2NO5S/c1-36-24-14-18(13-23(31)26(24)37-28(34)21-8-4-5-9-22(21)30)15-25-27(33)32(29(35)38-25)16-17-10-11-19-6-2-3-7-20(19)12-17/h2-15H,16H2,1H3/b25-15-. The minimum atomic E-state index is -0.696. The molecule has 38 heavy (non-hydrogen) atoms. The van der Waals surface area contributed by atoms with Crippen LogP contribution in [0.2, 0.25) is 10.0 Å². The predicted octanol–water partition coefficient (Wildman–Crippen LogP) is 7.61. The average molecular weight is 564 g/mol. The fourth-order valence-corrected chi connectivity index (χ4v) is 5.31. The number of rotatable bonds is 6. The summed E-state index contributed by atoms with van der Waals surface area (Å²) in [6, 6.07) is 23.3. The highest BCUT2D eigenvalue weighted by Crippen LogP contribution is 2.40. The summed E-state index contributed by atoms with van der Waals surface area (Å²) in [5.74, 6) is -0.906. The molecule has 4 aromatic carbocycles. The lowest BCUT2D eigenvalue weighted by molar-refractivity contribution is -0.123. The first-order valence-electron chi connectivity index (χ1n) is 11.4. The molecule has 1 aliphatic heterocycles. The molecule has 1 aliphatic rings. The van der Waals surface area contributed by atoms with Crippen molar-refractivity contribution in [2.75, 3.05) is 7.11 Å². The first kappa shape index (κ1) is 25.9. The second kappa shape index (κ2) is 10.9. The summed E-state index contributed by atoms with van der Waals surface area (Å²) in [6.45, 7) is 0.161. The fourth-order valence-electron chi connectivity index (χ4n) is 4.00. The number of ether oxygens (including phenoxy) is 2. The van der Waals surface area contributed by atoms with Crippen LogP contribution in [0.3, 0.4) is 0 Å². The summed E-state index contributed by atoms with van der Waals surface area (Å²) in [7, 11) is 1.40. The van der Waals surface area contributed by atoms with Crippen LogP contribution in [0, 0.1) is 0 Å². The van der Waals surface area contributed by atoms with Gasteiger partial charge >= 0.3 is 5.97 Å². The number of fused-ring (bicyclic) bond motifs is 1. The van der Waals surface area contributed by atoms with Gasteiger partial charge in [-0.1, -0.05) is 71.7 Å². The average Bonchev–Trinajstić information content (AvgIpc) is 3.17. The monoisotopic (exact) mass is 563 g/mol. The maximum atomic E-state index is 13.1. The van der Waals surface area contributed by atoms with Crippen LogP contribution < -0.4 is 9.47 Å². The van der Waals surface area contributed by atoms with Crippen molar-refractivity contribution in [3.8, 4) is 11.5 Å². The molecule has 6 nitrogen and oxygen atoms in total. The molecule has 0 saturated carbocycles. The lowest BCUT2D eigenvalue weighted by Gasteiger charge is -2.13. The van der Waals surface area contributed by atoms with Crippen molar-refractivity contribution in [3.63, 3.8) is 0 Å². The predicted molar refractivity (Wildman–Crippen MR) is 150 cm³/mol. The fraction of sp³-hybridized carbons (Fsp3) is 0.0690. The minimum absolute atomic E-state index is 0.0145. The number of thioether (sulfide) groups is 1. The number of imide groups is 1. The van der Waals surface area contributed by atoms with Crippen LogP contribution in [-0.4, -0.2) is 29.1 Å². The Labute approximate surface area is 232 Å². The second-order valence-corrected chi connectivity index (χ2v) is 10.2. The summed E-state index contributed by atoms with van der Waals surface area (Å²) in [5.41, 5.74) is 1.53. The molecule has 0 N–H and O–H groups in total.